The first-order chi connectivity index (χ1) is 16.4. The molecular formula is C23H26N4O7. The van der Waals surface area contributed by atoms with Crippen LogP contribution in [0.4, 0.5) is 0 Å². The minimum absolute atomic E-state index is 0.0529. The SMILES string of the molecule is COc1cccc(-n2nc(C(=O)NCCCC(=O)O)nc2-c2cc(OC)c(OC)c(OC)c2)c1. The second-order valence-electron chi connectivity index (χ2n) is 7.04. The number of aromatic nitrogens is 3. The summed E-state index contributed by atoms with van der Waals surface area (Å²) in [5.74, 6) is 0.653. The van der Waals surface area contributed by atoms with Gasteiger partial charge < -0.3 is 29.4 Å². The van der Waals surface area contributed by atoms with Crippen LogP contribution >= 0.6 is 0 Å². The maximum absolute atomic E-state index is 12.7. The van der Waals surface area contributed by atoms with Crippen molar-refractivity contribution >= 4 is 11.9 Å². The number of carbonyl (C=O) groups is 2. The summed E-state index contributed by atoms with van der Waals surface area (Å²) in [4.78, 5) is 27.9. The van der Waals surface area contributed by atoms with Crippen LogP contribution in [0.3, 0.4) is 0 Å². The summed E-state index contributed by atoms with van der Waals surface area (Å²) < 4.78 is 23.1. The first-order valence-corrected chi connectivity index (χ1v) is 10.3. The predicted molar refractivity (Wildman–Crippen MR) is 122 cm³/mol. The summed E-state index contributed by atoms with van der Waals surface area (Å²) in [7, 11) is 6.07. The molecule has 0 fully saturated rings. The Morgan fingerprint density at radius 1 is 1.00 bits per heavy atom. The molecule has 11 heteroatoms. The molecule has 0 radical (unpaired) electrons. The minimum Gasteiger partial charge on any atom is -0.497 e. The average Bonchev–Trinajstić information content (AvgIpc) is 3.31. The van der Waals surface area contributed by atoms with Gasteiger partial charge in [0.15, 0.2) is 17.3 Å². The van der Waals surface area contributed by atoms with Gasteiger partial charge in [-0.05, 0) is 30.7 Å². The van der Waals surface area contributed by atoms with E-state index in [0.717, 1.165) is 0 Å². The fourth-order valence-corrected chi connectivity index (χ4v) is 3.25. The van der Waals surface area contributed by atoms with Gasteiger partial charge in [-0.2, -0.15) is 0 Å². The van der Waals surface area contributed by atoms with Crippen molar-refractivity contribution in [1.82, 2.24) is 20.1 Å². The maximum atomic E-state index is 12.7. The molecule has 0 bridgehead atoms. The third-order valence-corrected chi connectivity index (χ3v) is 4.88. The van der Waals surface area contributed by atoms with Crippen LogP contribution in [-0.4, -0.2) is 66.7 Å². The largest absolute Gasteiger partial charge is 0.497 e. The van der Waals surface area contributed by atoms with Crippen LogP contribution in [0.25, 0.3) is 17.1 Å². The van der Waals surface area contributed by atoms with E-state index in [-0.39, 0.29) is 25.2 Å². The number of benzene rings is 2. The molecule has 11 nitrogen and oxygen atoms in total. The Morgan fingerprint density at radius 3 is 2.29 bits per heavy atom. The number of methoxy groups -OCH3 is 4. The highest BCUT2D eigenvalue weighted by atomic mass is 16.5. The molecule has 0 aliphatic rings. The lowest BCUT2D eigenvalue weighted by molar-refractivity contribution is -0.137. The predicted octanol–water partition coefficient (Wildman–Crippen LogP) is 2.56. The Hall–Kier alpha value is -4.28. The summed E-state index contributed by atoms with van der Waals surface area (Å²) in [5, 5.41) is 15.8. The van der Waals surface area contributed by atoms with Gasteiger partial charge in [-0.15, -0.1) is 5.10 Å². The summed E-state index contributed by atoms with van der Waals surface area (Å²) in [6.45, 7) is 0.179. The second-order valence-corrected chi connectivity index (χ2v) is 7.04. The quantitative estimate of drug-likeness (QED) is 0.406. The Balaban J connectivity index is 2.08. The van der Waals surface area contributed by atoms with Crippen molar-refractivity contribution < 1.29 is 33.6 Å². The Morgan fingerprint density at radius 2 is 1.71 bits per heavy atom. The lowest BCUT2D eigenvalue weighted by atomic mass is 10.1. The molecule has 1 amide bonds. The highest BCUT2D eigenvalue weighted by molar-refractivity contribution is 5.91. The second kappa shape index (κ2) is 11.0. The molecule has 0 unspecified atom stereocenters. The molecule has 2 aromatic carbocycles. The summed E-state index contributed by atoms with van der Waals surface area (Å²) in [6.07, 6.45) is 0.236. The van der Waals surface area contributed by atoms with Crippen molar-refractivity contribution in [1.29, 1.82) is 0 Å². The van der Waals surface area contributed by atoms with E-state index in [2.05, 4.69) is 15.4 Å². The zero-order chi connectivity index (χ0) is 24.7. The number of hydrogen-bond acceptors (Lipinski definition) is 8. The van der Waals surface area contributed by atoms with Crippen LogP contribution in [0.2, 0.25) is 0 Å². The van der Waals surface area contributed by atoms with E-state index in [4.69, 9.17) is 24.1 Å². The van der Waals surface area contributed by atoms with Crippen molar-refractivity contribution in [2.75, 3.05) is 35.0 Å². The van der Waals surface area contributed by atoms with Crippen LogP contribution < -0.4 is 24.3 Å². The third-order valence-electron chi connectivity index (χ3n) is 4.88. The summed E-state index contributed by atoms with van der Waals surface area (Å²) >= 11 is 0. The molecule has 34 heavy (non-hydrogen) atoms. The Kier molecular flexibility index (Phi) is 7.91. The normalized spacial score (nSPS) is 10.5. The molecule has 0 saturated heterocycles. The van der Waals surface area contributed by atoms with Gasteiger partial charge in [0, 0.05) is 24.6 Å². The third kappa shape index (κ3) is 5.37. The molecule has 0 spiro atoms. The number of aliphatic carboxylic acids is 1. The number of nitrogens with one attached hydrogen (secondary N) is 1. The van der Waals surface area contributed by atoms with Gasteiger partial charge in [0.2, 0.25) is 11.6 Å². The van der Waals surface area contributed by atoms with E-state index in [9.17, 15) is 9.59 Å². The van der Waals surface area contributed by atoms with Gasteiger partial charge in [-0.3, -0.25) is 9.59 Å². The molecule has 1 heterocycles. The lowest BCUT2D eigenvalue weighted by Gasteiger charge is -2.14. The molecular weight excluding hydrogens is 444 g/mol. The fourth-order valence-electron chi connectivity index (χ4n) is 3.25. The highest BCUT2D eigenvalue weighted by Gasteiger charge is 2.22. The topological polar surface area (TPSA) is 134 Å². The van der Waals surface area contributed by atoms with Crippen LogP contribution in [0.15, 0.2) is 36.4 Å². The van der Waals surface area contributed by atoms with Gasteiger partial charge in [0.1, 0.15) is 5.75 Å². The van der Waals surface area contributed by atoms with Crippen molar-refractivity contribution in [3.8, 4) is 40.1 Å². The van der Waals surface area contributed by atoms with Crippen molar-refractivity contribution in [3.05, 3.63) is 42.2 Å². The maximum Gasteiger partial charge on any atom is 0.303 e. The van der Waals surface area contributed by atoms with E-state index in [0.29, 0.717) is 40.1 Å². The molecule has 0 atom stereocenters. The van der Waals surface area contributed by atoms with Crippen molar-refractivity contribution in [2.45, 2.75) is 12.8 Å². The van der Waals surface area contributed by atoms with E-state index < -0.39 is 11.9 Å². The number of carboxylic acids is 1. The summed E-state index contributed by atoms with van der Waals surface area (Å²) in [6, 6.07) is 10.5. The average molecular weight is 470 g/mol. The number of carboxylic acid groups (broad SMARTS) is 1. The number of ether oxygens (including phenoxy) is 4. The zero-order valence-corrected chi connectivity index (χ0v) is 19.3. The number of nitrogens with zero attached hydrogens (tertiary/aromatic N) is 3. The monoisotopic (exact) mass is 470 g/mol. The molecule has 0 aliphatic heterocycles. The van der Waals surface area contributed by atoms with Crippen LogP contribution in [0, 0.1) is 0 Å². The van der Waals surface area contributed by atoms with Gasteiger partial charge in [-0.25, -0.2) is 9.67 Å². The molecule has 2 N–H and O–H groups in total. The van der Waals surface area contributed by atoms with E-state index >= 15 is 0 Å². The number of hydrogen-bond donors (Lipinski definition) is 2. The smallest absolute Gasteiger partial charge is 0.303 e. The molecule has 3 rings (SSSR count). The van der Waals surface area contributed by atoms with Crippen LogP contribution in [0.5, 0.6) is 23.0 Å². The Labute approximate surface area is 196 Å². The van der Waals surface area contributed by atoms with E-state index in [1.807, 2.05) is 0 Å². The summed E-state index contributed by atoms with van der Waals surface area (Å²) in [5.41, 5.74) is 1.18. The van der Waals surface area contributed by atoms with Crippen molar-refractivity contribution in [2.24, 2.45) is 0 Å². The van der Waals surface area contributed by atoms with Gasteiger partial charge in [0.25, 0.3) is 5.91 Å². The molecule has 0 aliphatic carbocycles. The number of amides is 1. The van der Waals surface area contributed by atoms with Gasteiger partial charge >= 0.3 is 5.97 Å². The number of rotatable bonds is 11. The highest BCUT2D eigenvalue weighted by Crippen LogP contribution is 2.41. The van der Waals surface area contributed by atoms with Crippen LogP contribution in [0.1, 0.15) is 23.5 Å². The number of carbonyl (C=O) groups excluding carboxylic acids is 1. The lowest BCUT2D eigenvalue weighted by Crippen LogP contribution is -2.26. The molecule has 3 aromatic rings. The van der Waals surface area contributed by atoms with E-state index in [1.165, 1.54) is 26.0 Å². The first-order valence-electron chi connectivity index (χ1n) is 10.3. The van der Waals surface area contributed by atoms with Crippen molar-refractivity contribution in [3.63, 3.8) is 0 Å². The fraction of sp³-hybridized carbons (Fsp3) is 0.304. The first kappa shape index (κ1) is 24.4. The van der Waals surface area contributed by atoms with Crippen LogP contribution in [-0.2, 0) is 4.79 Å². The minimum atomic E-state index is -0.931. The zero-order valence-electron chi connectivity index (χ0n) is 19.3. The molecule has 1 aromatic heterocycles. The Bertz CT molecular complexity index is 1150. The van der Waals surface area contributed by atoms with E-state index in [1.54, 1.807) is 43.5 Å². The molecule has 0 saturated carbocycles. The standard InChI is InChI=1S/C23H26N4O7/c1-31-16-8-5-7-15(13-16)27-22(14-11-17(32-2)20(34-4)18(12-14)33-3)25-21(26-27)23(30)24-10-6-9-19(28)29/h5,7-8,11-13H,6,9-10H2,1-4H3,(H,24,30)(H,28,29). The molecule has 180 valence electrons. The van der Waals surface area contributed by atoms with Gasteiger partial charge in [0.05, 0.1) is 34.1 Å². The van der Waals surface area contributed by atoms with Gasteiger partial charge in [-0.1, -0.05) is 6.07 Å².